The Labute approximate surface area is 95.1 Å². The van der Waals surface area contributed by atoms with Gasteiger partial charge in [-0.3, -0.25) is 0 Å². The Morgan fingerprint density at radius 2 is 2.31 bits per heavy atom. The SMILES string of the molecule is CCOC(=O)NS(=O)(=O)N[C@H]1CCCNC1. The van der Waals surface area contributed by atoms with Crippen molar-refractivity contribution in [1.29, 1.82) is 0 Å². The highest BCUT2D eigenvalue weighted by Gasteiger charge is 2.21. The summed E-state index contributed by atoms with van der Waals surface area (Å²) in [5.41, 5.74) is 0. The van der Waals surface area contributed by atoms with Crippen molar-refractivity contribution in [2.75, 3.05) is 19.7 Å². The Hall–Kier alpha value is -0.860. The second-order valence-electron chi connectivity index (χ2n) is 3.49. The molecule has 1 heterocycles. The number of amides is 1. The molecule has 0 aromatic heterocycles. The van der Waals surface area contributed by atoms with Crippen molar-refractivity contribution in [2.45, 2.75) is 25.8 Å². The molecule has 94 valence electrons. The van der Waals surface area contributed by atoms with Gasteiger partial charge in [-0.15, -0.1) is 0 Å². The Kier molecular flexibility index (Phi) is 4.97. The van der Waals surface area contributed by atoms with Crippen LogP contribution in [0, 0.1) is 0 Å². The molecule has 0 saturated carbocycles. The largest absolute Gasteiger partial charge is 0.449 e. The number of carbonyl (C=O) groups is 1. The van der Waals surface area contributed by atoms with E-state index in [0.717, 1.165) is 19.4 Å². The average molecular weight is 251 g/mol. The van der Waals surface area contributed by atoms with Gasteiger partial charge in [-0.25, -0.2) is 9.52 Å². The molecule has 0 aromatic rings. The lowest BCUT2D eigenvalue weighted by Crippen LogP contribution is -2.50. The van der Waals surface area contributed by atoms with Crippen molar-refractivity contribution in [2.24, 2.45) is 0 Å². The van der Waals surface area contributed by atoms with Crippen molar-refractivity contribution in [3.8, 4) is 0 Å². The lowest BCUT2D eigenvalue weighted by Gasteiger charge is -2.23. The zero-order valence-electron chi connectivity index (χ0n) is 9.15. The van der Waals surface area contributed by atoms with E-state index < -0.39 is 16.3 Å². The lowest BCUT2D eigenvalue weighted by atomic mass is 10.1. The van der Waals surface area contributed by atoms with E-state index in [2.05, 4.69) is 14.8 Å². The predicted molar refractivity (Wildman–Crippen MR) is 58.1 cm³/mol. The molecule has 16 heavy (non-hydrogen) atoms. The highest BCUT2D eigenvalue weighted by Crippen LogP contribution is 2.02. The number of ether oxygens (including phenoxy) is 1. The summed E-state index contributed by atoms with van der Waals surface area (Å²) < 4.78 is 31.5. The zero-order chi connectivity index (χ0) is 12.0. The standard InChI is InChI=1S/C8H17N3O4S/c1-2-15-8(12)11-16(13,14)10-7-4-3-5-9-6-7/h7,9-10H,2-6H2,1H3,(H,11,12)/t7-/m0/s1. The predicted octanol–water partition coefficient (Wildman–Crippen LogP) is -0.681. The van der Waals surface area contributed by atoms with Gasteiger partial charge in [0.15, 0.2) is 0 Å². The van der Waals surface area contributed by atoms with E-state index in [9.17, 15) is 13.2 Å². The number of carbonyl (C=O) groups excluding carboxylic acids is 1. The summed E-state index contributed by atoms with van der Waals surface area (Å²) in [6, 6.07) is -0.180. The summed E-state index contributed by atoms with van der Waals surface area (Å²) in [5.74, 6) is 0. The normalized spacial score (nSPS) is 21.4. The fraction of sp³-hybridized carbons (Fsp3) is 0.875. The van der Waals surface area contributed by atoms with E-state index in [1.165, 1.54) is 0 Å². The first-order valence-electron chi connectivity index (χ1n) is 5.21. The fourth-order valence-electron chi connectivity index (χ4n) is 1.47. The van der Waals surface area contributed by atoms with Crippen molar-refractivity contribution >= 4 is 16.3 Å². The number of rotatable bonds is 4. The molecule has 1 atom stereocenters. The molecule has 1 aliphatic heterocycles. The summed E-state index contributed by atoms with van der Waals surface area (Å²) in [6.07, 6.45) is 0.710. The summed E-state index contributed by atoms with van der Waals surface area (Å²) in [5, 5.41) is 3.06. The topological polar surface area (TPSA) is 96.5 Å². The lowest BCUT2D eigenvalue weighted by molar-refractivity contribution is 0.158. The van der Waals surface area contributed by atoms with Crippen LogP contribution in [0.3, 0.4) is 0 Å². The molecule has 0 radical (unpaired) electrons. The molecule has 0 unspecified atom stereocenters. The molecule has 7 nitrogen and oxygen atoms in total. The van der Waals surface area contributed by atoms with Gasteiger partial charge in [0, 0.05) is 12.6 Å². The quantitative estimate of drug-likeness (QED) is 0.615. The van der Waals surface area contributed by atoms with Crippen LogP contribution >= 0.6 is 0 Å². The Morgan fingerprint density at radius 3 is 2.88 bits per heavy atom. The maximum absolute atomic E-state index is 11.4. The van der Waals surface area contributed by atoms with Crippen molar-refractivity contribution in [3.63, 3.8) is 0 Å². The Balaban J connectivity index is 2.41. The number of piperidine rings is 1. The van der Waals surface area contributed by atoms with Crippen LogP contribution in [0.15, 0.2) is 0 Å². The fourth-order valence-corrected chi connectivity index (χ4v) is 2.45. The van der Waals surface area contributed by atoms with E-state index in [1.54, 1.807) is 11.6 Å². The van der Waals surface area contributed by atoms with Gasteiger partial charge in [0.1, 0.15) is 0 Å². The molecule has 0 aliphatic carbocycles. The maximum Gasteiger partial charge on any atom is 0.421 e. The van der Waals surface area contributed by atoms with Crippen LogP contribution in [0.5, 0.6) is 0 Å². The van der Waals surface area contributed by atoms with Crippen molar-refractivity contribution < 1.29 is 17.9 Å². The van der Waals surface area contributed by atoms with Gasteiger partial charge in [0.05, 0.1) is 6.61 Å². The zero-order valence-corrected chi connectivity index (χ0v) is 9.97. The smallest absolute Gasteiger partial charge is 0.421 e. The van der Waals surface area contributed by atoms with E-state index in [-0.39, 0.29) is 12.6 Å². The minimum absolute atomic E-state index is 0.131. The van der Waals surface area contributed by atoms with Gasteiger partial charge in [-0.1, -0.05) is 0 Å². The molecule has 3 N–H and O–H groups in total. The third-order valence-corrected chi connectivity index (χ3v) is 3.19. The Bertz CT molecular complexity index is 324. The summed E-state index contributed by atoms with van der Waals surface area (Å²) in [7, 11) is -3.82. The molecular weight excluding hydrogens is 234 g/mol. The first-order valence-corrected chi connectivity index (χ1v) is 6.69. The monoisotopic (exact) mass is 251 g/mol. The maximum atomic E-state index is 11.4. The van der Waals surface area contributed by atoms with Crippen LogP contribution in [0.25, 0.3) is 0 Å². The highest BCUT2D eigenvalue weighted by molar-refractivity contribution is 7.88. The summed E-state index contributed by atoms with van der Waals surface area (Å²) in [4.78, 5) is 10.9. The molecule has 1 aliphatic rings. The second-order valence-corrected chi connectivity index (χ2v) is 4.93. The van der Waals surface area contributed by atoms with E-state index in [4.69, 9.17) is 0 Å². The molecule has 1 rings (SSSR count). The van der Waals surface area contributed by atoms with Gasteiger partial charge in [-0.2, -0.15) is 13.1 Å². The average Bonchev–Trinajstić information content (AvgIpc) is 2.17. The van der Waals surface area contributed by atoms with Crippen molar-refractivity contribution in [3.05, 3.63) is 0 Å². The van der Waals surface area contributed by atoms with Gasteiger partial charge in [-0.05, 0) is 26.3 Å². The molecule has 1 saturated heterocycles. The van der Waals surface area contributed by atoms with E-state index in [1.807, 2.05) is 0 Å². The van der Waals surface area contributed by atoms with Crippen LogP contribution in [0.1, 0.15) is 19.8 Å². The van der Waals surface area contributed by atoms with Crippen molar-refractivity contribution in [1.82, 2.24) is 14.8 Å². The van der Waals surface area contributed by atoms with Crippen LogP contribution in [-0.2, 0) is 14.9 Å². The van der Waals surface area contributed by atoms with E-state index >= 15 is 0 Å². The van der Waals surface area contributed by atoms with Crippen LogP contribution in [0.4, 0.5) is 4.79 Å². The third kappa shape index (κ3) is 4.77. The minimum Gasteiger partial charge on any atom is -0.449 e. The number of nitrogens with one attached hydrogen (secondary N) is 3. The second kappa shape index (κ2) is 6.02. The molecule has 0 bridgehead atoms. The van der Waals surface area contributed by atoms with Crippen LogP contribution in [0.2, 0.25) is 0 Å². The number of hydrogen-bond acceptors (Lipinski definition) is 5. The van der Waals surface area contributed by atoms with Gasteiger partial charge < -0.3 is 10.1 Å². The molecule has 1 fully saturated rings. The molecule has 0 aromatic carbocycles. The van der Waals surface area contributed by atoms with Gasteiger partial charge in [0.2, 0.25) is 0 Å². The molecular formula is C8H17N3O4S. The summed E-state index contributed by atoms with van der Waals surface area (Å²) in [6.45, 7) is 3.20. The van der Waals surface area contributed by atoms with Crippen LogP contribution in [-0.4, -0.2) is 40.2 Å². The highest BCUT2D eigenvalue weighted by atomic mass is 32.2. The Morgan fingerprint density at radius 1 is 1.56 bits per heavy atom. The third-order valence-electron chi connectivity index (χ3n) is 2.11. The first kappa shape index (κ1) is 13.2. The summed E-state index contributed by atoms with van der Waals surface area (Å²) >= 11 is 0. The first-order chi connectivity index (χ1) is 7.53. The van der Waals surface area contributed by atoms with Crippen LogP contribution < -0.4 is 14.8 Å². The molecule has 0 spiro atoms. The number of hydrogen-bond donors (Lipinski definition) is 3. The minimum atomic E-state index is -3.82. The van der Waals surface area contributed by atoms with Gasteiger partial charge >= 0.3 is 16.3 Å². The van der Waals surface area contributed by atoms with E-state index in [0.29, 0.717) is 6.54 Å². The molecule has 1 amide bonds. The molecule has 8 heteroatoms. The van der Waals surface area contributed by atoms with Gasteiger partial charge in [0.25, 0.3) is 0 Å².